The van der Waals surface area contributed by atoms with E-state index in [0.717, 1.165) is 16.8 Å². The van der Waals surface area contributed by atoms with Crippen LogP contribution in [0.1, 0.15) is 21.5 Å². The molecule has 1 amide bonds. The van der Waals surface area contributed by atoms with Gasteiger partial charge >= 0.3 is 0 Å². The number of hydrogen-bond acceptors (Lipinski definition) is 4. The summed E-state index contributed by atoms with van der Waals surface area (Å²) >= 11 is 6.24. The van der Waals surface area contributed by atoms with Gasteiger partial charge in [0.05, 0.1) is 16.5 Å². The predicted molar refractivity (Wildman–Crippen MR) is 117 cm³/mol. The summed E-state index contributed by atoms with van der Waals surface area (Å²) in [6.45, 7) is 5.97. The van der Waals surface area contributed by atoms with Crippen LogP contribution in [0.4, 0.5) is 5.69 Å². The maximum atomic E-state index is 12.6. The summed E-state index contributed by atoms with van der Waals surface area (Å²) in [5, 5.41) is 3.37. The Bertz CT molecular complexity index is 986. The van der Waals surface area contributed by atoms with Crippen molar-refractivity contribution in [3.63, 3.8) is 0 Å². The summed E-state index contributed by atoms with van der Waals surface area (Å²) in [7, 11) is -3.43. The molecular formula is C21H26ClN3O3S. The van der Waals surface area contributed by atoms with Crippen molar-refractivity contribution in [1.82, 2.24) is 9.62 Å². The molecule has 0 unspecified atom stereocenters. The van der Waals surface area contributed by atoms with Gasteiger partial charge < -0.3 is 10.2 Å². The van der Waals surface area contributed by atoms with Crippen LogP contribution < -0.4 is 10.2 Å². The first kappa shape index (κ1) is 21.6. The van der Waals surface area contributed by atoms with Crippen LogP contribution >= 0.6 is 11.6 Å². The monoisotopic (exact) mass is 435 g/mol. The molecule has 1 fully saturated rings. The normalized spacial score (nSPS) is 15.3. The summed E-state index contributed by atoms with van der Waals surface area (Å²) in [4.78, 5) is 14.4. The number of halogens is 1. The second-order valence-electron chi connectivity index (χ2n) is 7.21. The molecule has 0 bridgehead atoms. The van der Waals surface area contributed by atoms with Gasteiger partial charge in [0.2, 0.25) is 10.0 Å². The van der Waals surface area contributed by atoms with E-state index in [1.807, 2.05) is 50.2 Å². The molecule has 1 heterocycles. The summed E-state index contributed by atoms with van der Waals surface area (Å²) in [6.07, 6.45) is 0. The van der Waals surface area contributed by atoms with Crippen molar-refractivity contribution in [3.8, 4) is 0 Å². The molecule has 1 aliphatic rings. The van der Waals surface area contributed by atoms with Crippen molar-refractivity contribution >= 4 is 33.2 Å². The second kappa shape index (κ2) is 9.15. The molecule has 0 radical (unpaired) electrons. The van der Waals surface area contributed by atoms with Crippen molar-refractivity contribution < 1.29 is 13.2 Å². The van der Waals surface area contributed by atoms with Crippen LogP contribution in [0.5, 0.6) is 0 Å². The van der Waals surface area contributed by atoms with Crippen LogP contribution in [0.15, 0.2) is 42.5 Å². The molecule has 29 heavy (non-hydrogen) atoms. The lowest BCUT2D eigenvalue weighted by Crippen LogP contribution is -2.50. The average Bonchev–Trinajstić information content (AvgIpc) is 2.70. The molecule has 0 atom stereocenters. The fraction of sp³-hybridized carbons (Fsp3) is 0.381. The van der Waals surface area contributed by atoms with Crippen LogP contribution in [0.2, 0.25) is 5.02 Å². The summed E-state index contributed by atoms with van der Waals surface area (Å²) in [5.74, 6) is -0.373. The largest absolute Gasteiger partial charge is 0.368 e. The van der Waals surface area contributed by atoms with Gasteiger partial charge in [0.15, 0.2) is 0 Å². The molecule has 1 saturated heterocycles. The highest BCUT2D eigenvalue weighted by molar-refractivity contribution is 7.89. The van der Waals surface area contributed by atoms with Gasteiger partial charge in [-0.25, -0.2) is 8.42 Å². The Morgan fingerprint density at radius 3 is 2.38 bits per heavy atom. The third-order valence-corrected chi connectivity index (χ3v) is 7.43. The van der Waals surface area contributed by atoms with E-state index in [-0.39, 0.29) is 18.2 Å². The first-order chi connectivity index (χ1) is 13.8. The molecule has 2 aromatic rings. The minimum atomic E-state index is -3.43. The molecule has 6 nitrogen and oxygen atoms in total. The lowest BCUT2D eigenvalue weighted by atomic mass is 10.1. The highest BCUT2D eigenvalue weighted by Crippen LogP contribution is 2.26. The lowest BCUT2D eigenvalue weighted by molar-refractivity contribution is 0.0956. The Kier molecular flexibility index (Phi) is 6.82. The Balaban J connectivity index is 1.51. The van der Waals surface area contributed by atoms with Gasteiger partial charge in [-0.3, -0.25) is 4.79 Å². The van der Waals surface area contributed by atoms with Gasteiger partial charge in [0.1, 0.15) is 0 Å². The number of aryl methyl sites for hydroxylation is 2. The number of carbonyl (C=O) groups is 1. The van der Waals surface area contributed by atoms with E-state index in [2.05, 4.69) is 10.2 Å². The van der Waals surface area contributed by atoms with Crippen molar-refractivity contribution in [2.75, 3.05) is 43.4 Å². The molecule has 0 saturated carbocycles. The van der Waals surface area contributed by atoms with E-state index in [0.29, 0.717) is 36.8 Å². The van der Waals surface area contributed by atoms with Gasteiger partial charge in [-0.05, 0) is 49.2 Å². The summed E-state index contributed by atoms with van der Waals surface area (Å²) < 4.78 is 26.8. The minimum absolute atomic E-state index is 0.0822. The van der Waals surface area contributed by atoms with E-state index in [1.165, 1.54) is 4.31 Å². The summed E-state index contributed by atoms with van der Waals surface area (Å²) in [6, 6.07) is 13.0. The Morgan fingerprint density at radius 1 is 1.03 bits per heavy atom. The van der Waals surface area contributed by atoms with E-state index in [1.54, 1.807) is 6.07 Å². The first-order valence-electron chi connectivity index (χ1n) is 9.61. The number of sulfonamides is 1. The smallest absolute Gasteiger partial charge is 0.251 e. The Hall–Kier alpha value is -2.09. The topological polar surface area (TPSA) is 69.7 Å². The maximum Gasteiger partial charge on any atom is 0.251 e. The molecule has 8 heteroatoms. The predicted octanol–water partition coefficient (Wildman–Crippen LogP) is 2.84. The zero-order valence-corrected chi connectivity index (χ0v) is 18.3. The molecular weight excluding hydrogens is 410 g/mol. The van der Waals surface area contributed by atoms with E-state index < -0.39 is 10.0 Å². The number of para-hydroxylation sites is 1. The first-order valence-corrected chi connectivity index (χ1v) is 11.6. The second-order valence-corrected chi connectivity index (χ2v) is 9.70. The van der Waals surface area contributed by atoms with Gasteiger partial charge in [0, 0.05) is 38.3 Å². The number of nitrogens with zero attached hydrogens (tertiary/aromatic N) is 2. The zero-order chi connectivity index (χ0) is 21.0. The van der Waals surface area contributed by atoms with Gasteiger partial charge in [-0.1, -0.05) is 29.8 Å². The Labute approximate surface area is 177 Å². The van der Waals surface area contributed by atoms with Crippen molar-refractivity contribution in [2.24, 2.45) is 0 Å². The number of anilines is 1. The third-order valence-electron chi connectivity index (χ3n) is 5.24. The zero-order valence-electron chi connectivity index (χ0n) is 16.7. The van der Waals surface area contributed by atoms with E-state index in [9.17, 15) is 13.2 Å². The molecule has 0 aliphatic carbocycles. The van der Waals surface area contributed by atoms with Gasteiger partial charge in [0.25, 0.3) is 5.91 Å². The molecule has 1 N–H and O–H groups in total. The van der Waals surface area contributed by atoms with Gasteiger partial charge in [-0.15, -0.1) is 0 Å². The standard InChI is InChI=1S/C21H26ClN3O3S/c1-16-7-8-18(15-17(16)2)21(26)23-9-14-29(27,28)25-12-10-24(11-13-25)20-6-4-3-5-19(20)22/h3-8,15H,9-14H2,1-2H3,(H,23,26). The fourth-order valence-electron chi connectivity index (χ4n) is 3.32. The van der Waals surface area contributed by atoms with Crippen molar-refractivity contribution in [1.29, 1.82) is 0 Å². The van der Waals surface area contributed by atoms with Crippen molar-refractivity contribution in [2.45, 2.75) is 13.8 Å². The molecule has 156 valence electrons. The molecule has 0 spiro atoms. The number of nitrogens with one attached hydrogen (secondary N) is 1. The van der Waals surface area contributed by atoms with Crippen LogP contribution in [-0.4, -0.2) is 57.1 Å². The van der Waals surface area contributed by atoms with Crippen LogP contribution in [-0.2, 0) is 10.0 Å². The van der Waals surface area contributed by atoms with E-state index in [4.69, 9.17) is 11.6 Å². The fourth-order valence-corrected chi connectivity index (χ4v) is 4.92. The molecule has 3 rings (SSSR count). The number of piperazine rings is 1. The van der Waals surface area contributed by atoms with Crippen LogP contribution in [0.3, 0.4) is 0 Å². The highest BCUT2D eigenvalue weighted by atomic mass is 35.5. The Morgan fingerprint density at radius 2 is 1.72 bits per heavy atom. The SMILES string of the molecule is Cc1ccc(C(=O)NCCS(=O)(=O)N2CCN(c3ccccc3Cl)CC2)cc1C. The molecule has 0 aromatic heterocycles. The number of hydrogen-bond donors (Lipinski definition) is 1. The highest BCUT2D eigenvalue weighted by Gasteiger charge is 2.27. The third kappa shape index (κ3) is 5.29. The quantitative estimate of drug-likeness (QED) is 0.757. The summed E-state index contributed by atoms with van der Waals surface area (Å²) in [5.41, 5.74) is 3.60. The average molecular weight is 436 g/mol. The molecule has 1 aliphatic heterocycles. The van der Waals surface area contributed by atoms with Crippen molar-refractivity contribution in [3.05, 3.63) is 64.2 Å². The number of amides is 1. The minimum Gasteiger partial charge on any atom is -0.368 e. The number of benzene rings is 2. The van der Waals surface area contributed by atoms with Crippen LogP contribution in [0.25, 0.3) is 0 Å². The number of rotatable bonds is 6. The maximum absolute atomic E-state index is 12.6. The lowest BCUT2D eigenvalue weighted by Gasteiger charge is -2.35. The number of carbonyl (C=O) groups excluding carboxylic acids is 1. The molecule has 2 aromatic carbocycles. The van der Waals surface area contributed by atoms with Gasteiger partial charge in [-0.2, -0.15) is 4.31 Å². The van der Waals surface area contributed by atoms with Crippen LogP contribution in [0, 0.1) is 13.8 Å². The van der Waals surface area contributed by atoms with E-state index >= 15 is 0 Å².